The summed E-state index contributed by atoms with van der Waals surface area (Å²) in [5, 5.41) is 0.403. The molecule has 0 saturated heterocycles. The van der Waals surface area contributed by atoms with E-state index in [2.05, 4.69) is 4.98 Å². The molecule has 1 heterocycles. The number of halogens is 1. The standard InChI is InChI=1S/C6H9ClN4/c7-3-1-11-2-4(8)5(3)6(9)10/h1-2,6H,8-10H2. The van der Waals surface area contributed by atoms with Crippen LogP contribution in [-0.2, 0) is 0 Å². The molecule has 0 aliphatic heterocycles. The Morgan fingerprint density at radius 2 is 2.00 bits per heavy atom. The first kappa shape index (κ1) is 8.26. The topological polar surface area (TPSA) is 90.9 Å². The van der Waals surface area contributed by atoms with Gasteiger partial charge in [0.15, 0.2) is 0 Å². The molecule has 0 radical (unpaired) electrons. The summed E-state index contributed by atoms with van der Waals surface area (Å²) in [6.07, 6.45) is 2.28. The van der Waals surface area contributed by atoms with E-state index in [4.69, 9.17) is 28.8 Å². The van der Waals surface area contributed by atoms with E-state index in [9.17, 15) is 0 Å². The number of rotatable bonds is 1. The van der Waals surface area contributed by atoms with Crippen LogP contribution in [0.15, 0.2) is 12.4 Å². The molecule has 0 unspecified atom stereocenters. The summed E-state index contributed by atoms with van der Waals surface area (Å²) in [5.74, 6) is 0. The van der Waals surface area contributed by atoms with Crippen molar-refractivity contribution in [1.29, 1.82) is 0 Å². The fourth-order valence-corrected chi connectivity index (χ4v) is 1.10. The molecular weight excluding hydrogens is 164 g/mol. The molecule has 1 aromatic heterocycles. The molecule has 0 spiro atoms. The second-order valence-corrected chi connectivity index (χ2v) is 2.56. The number of pyridine rings is 1. The minimum atomic E-state index is -0.648. The van der Waals surface area contributed by atoms with Crippen LogP contribution in [-0.4, -0.2) is 4.98 Å². The number of nitrogens with zero attached hydrogens (tertiary/aromatic N) is 1. The van der Waals surface area contributed by atoms with Crippen molar-refractivity contribution < 1.29 is 0 Å². The molecule has 0 bridgehead atoms. The monoisotopic (exact) mass is 172 g/mol. The summed E-state index contributed by atoms with van der Waals surface area (Å²) >= 11 is 5.72. The van der Waals surface area contributed by atoms with Gasteiger partial charge in [0.05, 0.1) is 23.1 Å². The van der Waals surface area contributed by atoms with Gasteiger partial charge in [0.2, 0.25) is 0 Å². The molecule has 0 aliphatic rings. The van der Waals surface area contributed by atoms with E-state index < -0.39 is 6.17 Å². The average molecular weight is 173 g/mol. The second-order valence-electron chi connectivity index (χ2n) is 2.15. The average Bonchev–Trinajstić information content (AvgIpc) is 1.85. The summed E-state index contributed by atoms with van der Waals surface area (Å²) in [6, 6.07) is 0. The Labute approximate surface area is 69.3 Å². The lowest BCUT2D eigenvalue weighted by molar-refractivity contribution is 0.775. The maximum atomic E-state index is 5.72. The molecule has 0 fully saturated rings. The van der Waals surface area contributed by atoms with E-state index in [-0.39, 0.29) is 0 Å². The Bertz CT molecular complexity index is 241. The number of nitrogen functional groups attached to an aromatic ring is 1. The molecule has 0 aromatic carbocycles. The van der Waals surface area contributed by atoms with Crippen molar-refractivity contribution in [3.8, 4) is 0 Å². The molecule has 4 nitrogen and oxygen atoms in total. The van der Waals surface area contributed by atoms with Gasteiger partial charge >= 0.3 is 0 Å². The van der Waals surface area contributed by atoms with Crippen molar-refractivity contribution in [2.24, 2.45) is 11.5 Å². The zero-order chi connectivity index (χ0) is 8.43. The van der Waals surface area contributed by atoms with E-state index in [0.717, 1.165) is 0 Å². The van der Waals surface area contributed by atoms with E-state index >= 15 is 0 Å². The van der Waals surface area contributed by atoms with Crippen LogP contribution in [0.2, 0.25) is 5.02 Å². The maximum Gasteiger partial charge on any atom is 0.0820 e. The van der Waals surface area contributed by atoms with Crippen molar-refractivity contribution in [1.82, 2.24) is 4.98 Å². The number of aromatic nitrogens is 1. The van der Waals surface area contributed by atoms with Crippen molar-refractivity contribution >= 4 is 17.3 Å². The normalized spacial score (nSPS) is 10.5. The number of nitrogens with two attached hydrogens (primary N) is 3. The Morgan fingerprint density at radius 1 is 1.36 bits per heavy atom. The lowest BCUT2D eigenvalue weighted by Crippen LogP contribution is -2.22. The maximum absolute atomic E-state index is 5.72. The van der Waals surface area contributed by atoms with Gasteiger partial charge in [-0.15, -0.1) is 0 Å². The van der Waals surface area contributed by atoms with Crippen molar-refractivity contribution in [3.05, 3.63) is 23.0 Å². The highest BCUT2D eigenvalue weighted by molar-refractivity contribution is 6.31. The van der Waals surface area contributed by atoms with Crippen LogP contribution in [0, 0.1) is 0 Å². The van der Waals surface area contributed by atoms with E-state index in [1.165, 1.54) is 12.4 Å². The van der Waals surface area contributed by atoms with Gasteiger partial charge in [-0.05, 0) is 0 Å². The molecule has 0 aliphatic carbocycles. The number of hydrogen-bond donors (Lipinski definition) is 3. The van der Waals surface area contributed by atoms with Crippen LogP contribution in [0.25, 0.3) is 0 Å². The van der Waals surface area contributed by atoms with E-state index in [1.807, 2.05) is 0 Å². The fraction of sp³-hybridized carbons (Fsp3) is 0.167. The van der Waals surface area contributed by atoms with Crippen LogP contribution < -0.4 is 17.2 Å². The van der Waals surface area contributed by atoms with Gasteiger partial charge in [-0.3, -0.25) is 4.98 Å². The molecular formula is C6H9ClN4. The quantitative estimate of drug-likeness (QED) is 0.529. The van der Waals surface area contributed by atoms with Gasteiger partial charge in [0.1, 0.15) is 0 Å². The molecule has 11 heavy (non-hydrogen) atoms. The first-order chi connectivity index (χ1) is 5.13. The van der Waals surface area contributed by atoms with Gasteiger partial charge in [-0.1, -0.05) is 11.6 Å². The van der Waals surface area contributed by atoms with Crippen molar-refractivity contribution in [3.63, 3.8) is 0 Å². The summed E-state index contributed by atoms with van der Waals surface area (Å²) in [5.41, 5.74) is 17.3. The Balaban J connectivity index is 3.21. The molecule has 0 amide bonds. The summed E-state index contributed by atoms with van der Waals surface area (Å²) in [6.45, 7) is 0. The predicted octanol–water partition coefficient (Wildman–Crippen LogP) is 0.233. The van der Waals surface area contributed by atoms with Gasteiger partial charge < -0.3 is 17.2 Å². The van der Waals surface area contributed by atoms with Crippen LogP contribution in [0.5, 0.6) is 0 Å². The van der Waals surface area contributed by atoms with Crippen LogP contribution in [0.3, 0.4) is 0 Å². The Morgan fingerprint density at radius 3 is 2.36 bits per heavy atom. The molecule has 5 heteroatoms. The zero-order valence-corrected chi connectivity index (χ0v) is 6.55. The molecule has 0 atom stereocenters. The molecule has 1 rings (SSSR count). The molecule has 1 aromatic rings. The summed E-state index contributed by atoms with van der Waals surface area (Å²) in [7, 11) is 0. The zero-order valence-electron chi connectivity index (χ0n) is 5.79. The molecule has 6 N–H and O–H groups in total. The van der Waals surface area contributed by atoms with E-state index in [1.54, 1.807) is 0 Å². The lowest BCUT2D eigenvalue weighted by atomic mass is 10.2. The van der Waals surface area contributed by atoms with Crippen molar-refractivity contribution in [2.75, 3.05) is 5.73 Å². The van der Waals surface area contributed by atoms with Gasteiger partial charge in [-0.25, -0.2) is 0 Å². The smallest absolute Gasteiger partial charge is 0.0820 e. The second kappa shape index (κ2) is 3.04. The third kappa shape index (κ3) is 1.59. The van der Waals surface area contributed by atoms with Gasteiger partial charge in [-0.2, -0.15) is 0 Å². The minimum Gasteiger partial charge on any atom is -0.397 e. The summed E-state index contributed by atoms with van der Waals surface area (Å²) < 4.78 is 0. The van der Waals surface area contributed by atoms with Gasteiger partial charge in [0, 0.05) is 11.8 Å². The Hall–Kier alpha value is -0.840. The predicted molar refractivity (Wildman–Crippen MR) is 44.8 cm³/mol. The van der Waals surface area contributed by atoms with Gasteiger partial charge in [0.25, 0.3) is 0 Å². The number of hydrogen-bond acceptors (Lipinski definition) is 4. The third-order valence-electron chi connectivity index (χ3n) is 1.30. The number of anilines is 1. The fourth-order valence-electron chi connectivity index (χ4n) is 0.812. The SMILES string of the molecule is Nc1cncc(Cl)c1C(N)N. The minimum absolute atomic E-state index is 0.403. The van der Waals surface area contributed by atoms with Crippen molar-refractivity contribution in [2.45, 2.75) is 6.17 Å². The highest BCUT2D eigenvalue weighted by Gasteiger charge is 2.08. The highest BCUT2D eigenvalue weighted by atomic mass is 35.5. The van der Waals surface area contributed by atoms with Crippen LogP contribution >= 0.6 is 11.6 Å². The molecule has 0 saturated carbocycles. The molecule has 60 valence electrons. The summed E-state index contributed by atoms with van der Waals surface area (Å²) in [4.78, 5) is 3.76. The highest BCUT2D eigenvalue weighted by Crippen LogP contribution is 2.22. The van der Waals surface area contributed by atoms with E-state index in [0.29, 0.717) is 16.3 Å². The first-order valence-corrected chi connectivity index (χ1v) is 3.40. The largest absolute Gasteiger partial charge is 0.397 e. The van der Waals surface area contributed by atoms with Crippen LogP contribution in [0.4, 0.5) is 5.69 Å². The Kier molecular flexibility index (Phi) is 2.28. The third-order valence-corrected chi connectivity index (χ3v) is 1.60. The van der Waals surface area contributed by atoms with Crippen LogP contribution in [0.1, 0.15) is 11.7 Å². The first-order valence-electron chi connectivity index (χ1n) is 3.03. The lowest BCUT2D eigenvalue weighted by Gasteiger charge is -2.09.